The minimum Gasteiger partial charge on any atom is -0.378 e. The summed E-state index contributed by atoms with van der Waals surface area (Å²) >= 11 is 0. The first-order valence-corrected chi connectivity index (χ1v) is 6.16. The summed E-state index contributed by atoms with van der Waals surface area (Å²) in [6.45, 7) is 4.67. The molecular formula is C14H22N2. The quantitative estimate of drug-likeness (QED) is 0.820. The first-order chi connectivity index (χ1) is 7.68. The van der Waals surface area contributed by atoms with Gasteiger partial charge in [0, 0.05) is 26.3 Å². The Bertz CT molecular complexity index is 329. The highest BCUT2D eigenvalue weighted by molar-refractivity contribution is 5.46. The van der Waals surface area contributed by atoms with Crippen molar-refractivity contribution in [3.8, 4) is 0 Å². The molecule has 2 heteroatoms. The molecule has 2 rings (SSSR count). The van der Waals surface area contributed by atoms with Gasteiger partial charge in [-0.15, -0.1) is 0 Å². The minimum atomic E-state index is 0.685. The van der Waals surface area contributed by atoms with Crippen molar-refractivity contribution < 1.29 is 0 Å². The van der Waals surface area contributed by atoms with Gasteiger partial charge >= 0.3 is 0 Å². The lowest BCUT2D eigenvalue weighted by Gasteiger charge is -2.30. The van der Waals surface area contributed by atoms with Gasteiger partial charge in [0.15, 0.2) is 0 Å². The van der Waals surface area contributed by atoms with E-state index in [0.29, 0.717) is 5.92 Å². The lowest BCUT2D eigenvalue weighted by atomic mass is 9.83. The summed E-state index contributed by atoms with van der Waals surface area (Å²) in [5.74, 6) is 1.48. The molecule has 1 aliphatic rings. The molecule has 0 spiro atoms. The highest BCUT2D eigenvalue weighted by Gasteiger charge is 2.22. The largest absolute Gasteiger partial charge is 0.378 e. The van der Waals surface area contributed by atoms with Crippen LogP contribution < -0.4 is 10.2 Å². The van der Waals surface area contributed by atoms with Crippen molar-refractivity contribution in [1.29, 1.82) is 0 Å². The Morgan fingerprint density at radius 2 is 1.88 bits per heavy atom. The Morgan fingerprint density at radius 3 is 2.44 bits per heavy atom. The van der Waals surface area contributed by atoms with Crippen molar-refractivity contribution in [2.75, 3.05) is 32.1 Å². The number of benzene rings is 1. The topological polar surface area (TPSA) is 15.3 Å². The van der Waals surface area contributed by atoms with Crippen LogP contribution in [0.5, 0.6) is 0 Å². The monoisotopic (exact) mass is 218 g/mol. The van der Waals surface area contributed by atoms with E-state index in [1.165, 1.54) is 24.2 Å². The van der Waals surface area contributed by atoms with Crippen LogP contribution in [0.3, 0.4) is 0 Å². The van der Waals surface area contributed by atoms with Gasteiger partial charge in [-0.25, -0.2) is 0 Å². The zero-order valence-electron chi connectivity index (χ0n) is 10.5. The summed E-state index contributed by atoms with van der Waals surface area (Å²) in [6.07, 6.45) is 1.29. The predicted octanol–water partition coefficient (Wildman–Crippen LogP) is 2.47. The zero-order valence-corrected chi connectivity index (χ0v) is 10.5. The van der Waals surface area contributed by atoms with Gasteiger partial charge in [0.05, 0.1) is 0 Å². The fraction of sp³-hybridized carbons (Fsp3) is 0.571. The SMILES string of the molecule is CC1CCNCC1c1ccc(N(C)C)cc1. The molecule has 1 aliphatic heterocycles. The molecule has 2 unspecified atom stereocenters. The summed E-state index contributed by atoms with van der Waals surface area (Å²) in [7, 11) is 4.17. The molecule has 1 heterocycles. The third-order valence-corrected chi connectivity index (χ3v) is 3.67. The van der Waals surface area contributed by atoms with Gasteiger partial charge in [-0.05, 0) is 42.5 Å². The van der Waals surface area contributed by atoms with Crippen molar-refractivity contribution in [2.45, 2.75) is 19.3 Å². The first-order valence-electron chi connectivity index (χ1n) is 6.16. The van der Waals surface area contributed by atoms with E-state index < -0.39 is 0 Å². The Hall–Kier alpha value is -1.02. The van der Waals surface area contributed by atoms with Gasteiger partial charge in [0.25, 0.3) is 0 Å². The number of piperidine rings is 1. The third-order valence-electron chi connectivity index (χ3n) is 3.67. The van der Waals surface area contributed by atoms with E-state index >= 15 is 0 Å². The van der Waals surface area contributed by atoms with Crippen molar-refractivity contribution in [3.63, 3.8) is 0 Å². The fourth-order valence-electron chi connectivity index (χ4n) is 2.46. The molecule has 0 aromatic heterocycles. The molecule has 0 bridgehead atoms. The van der Waals surface area contributed by atoms with Crippen LogP contribution in [0.4, 0.5) is 5.69 Å². The maximum atomic E-state index is 3.49. The Morgan fingerprint density at radius 1 is 1.19 bits per heavy atom. The van der Waals surface area contributed by atoms with Crippen LogP contribution in [0.2, 0.25) is 0 Å². The van der Waals surface area contributed by atoms with Gasteiger partial charge in [0.2, 0.25) is 0 Å². The van der Waals surface area contributed by atoms with Crippen LogP contribution in [0, 0.1) is 5.92 Å². The molecule has 0 saturated carbocycles. The molecular weight excluding hydrogens is 196 g/mol. The average molecular weight is 218 g/mol. The Labute approximate surface area is 98.7 Å². The second kappa shape index (κ2) is 4.88. The van der Waals surface area contributed by atoms with Crippen molar-refractivity contribution in [2.24, 2.45) is 5.92 Å². The van der Waals surface area contributed by atoms with Crippen molar-refractivity contribution >= 4 is 5.69 Å². The van der Waals surface area contributed by atoms with Crippen molar-refractivity contribution in [1.82, 2.24) is 5.32 Å². The number of hydrogen-bond donors (Lipinski definition) is 1. The van der Waals surface area contributed by atoms with E-state index in [4.69, 9.17) is 0 Å². The number of nitrogens with zero attached hydrogens (tertiary/aromatic N) is 1. The zero-order chi connectivity index (χ0) is 11.5. The van der Waals surface area contributed by atoms with E-state index in [1.54, 1.807) is 0 Å². The summed E-state index contributed by atoms with van der Waals surface area (Å²) in [4.78, 5) is 2.15. The minimum absolute atomic E-state index is 0.685. The third kappa shape index (κ3) is 2.38. The van der Waals surface area contributed by atoms with Crippen LogP contribution in [0.25, 0.3) is 0 Å². The number of anilines is 1. The molecule has 16 heavy (non-hydrogen) atoms. The van der Waals surface area contributed by atoms with Crippen LogP contribution in [0.1, 0.15) is 24.8 Å². The summed E-state index contributed by atoms with van der Waals surface area (Å²) in [6, 6.07) is 9.00. The van der Waals surface area contributed by atoms with E-state index in [0.717, 1.165) is 12.5 Å². The summed E-state index contributed by atoms with van der Waals surface area (Å²) in [5, 5.41) is 3.49. The normalized spacial score (nSPS) is 25.4. The summed E-state index contributed by atoms with van der Waals surface area (Å²) < 4.78 is 0. The second-order valence-electron chi connectivity index (χ2n) is 5.06. The van der Waals surface area contributed by atoms with Crippen LogP contribution in [0.15, 0.2) is 24.3 Å². The van der Waals surface area contributed by atoms with Crippen LogP contribution in [-0.2, 0) is 0 Å². The van der Waals surface area contributed by atoms with Crippen molar-refractivity contribution in [3.05, 3.63) is 29.8 Å². The van der Waals surface area contributed by atoms with E-state index in [-0.39, 0.29) is 0 Å². The molecule has 1 fully saturated rings. The standard InChI is InChI=1S/C14H22N2/c1-11-8-9-15-10-14(11)12-4-6-13(7-5-12)16(2)3/h4-7,11,14-15H,8-10H2,1-3H3. The molecule has 2 atom stereocenters. The Balaban J connectivity index is 2.14. The number of nitrogens with one attached hydrogen (secondary N) is 1. The maximum absolute atomic E-state index is 3.49. The summed E-state index contributed by atoms with van der Waals surface area (Å²) in [5.41, 5.74) is 2.76. The highest BCUT2D eigenvalue weighted by atomic mass is 15.1. The smallest absolute Gasteiger partial charge is 0.0361 e. The number of hydrogen-bond acceptors (Lipinski definition) is 2. The molecule has 1 N–H and O–H groups in total. The van der Waals surface area contributed by atoms with E-state index in [1.807, 2.05) is 0 Å². The predicted molar refractivity (Wildman–Crippen MR) is 70.2 cm³/mol. The molecule has 1 aromatic rings. The Kier molecular flexibility index (Phi) is 3.49. The maximum Gasteiger partial charge on any atom is 0.0361 e. The lowest BCUT2D eigenvalue weighted by Crippen LogP contribution is -2.33. The van der Waals surface area contributed by atoms with Crippen LogP contribution in [-0.4, -0.2) is 27.2 Å². The van der Waals surface area contributed by atoms with Crippen LogP contribution >= 0.6 is 0 Å². The molecule has 2 nitrogen and oxygen atoms in total. The number of rotatable bonds is 2. The molecule has 0 amide bonds. The van der Waals surface area contributed by atoms with Gasteiger partial charge < -0.3 is 10.2 Å². The first kappa shape index (κ1) is 11.5. The average Bonchev–Trinajstić information content (AvgIpc) is 2.30. The van der Waals surface area contributed by atoms with E-state index in [2.05, 4.69) is 55.5 Å². The van der Waals surface area contributed by atoms with Gasteiger partial charge in [0.1, 0.15) is 0 Å². The lowest BCUT2D eigenvalue weighted by molar-refractivity contribution is 0.348. The second-order valence-corrected chi connectivity index (χ2v) is 5.06. The van der Waals surface area contributed by atoms with Gasteiger partial charge in [-0.2, -0.15) is 0 Å². The molecule has 88 valence electrons. The molecule has 0 radical (unpaired) electrons. The fourth-order valence-corrected chi connectivity index (χ4v) is 2.46. The molecule has 0 aliphatic carbocycles. The van der Waals surface area contributed by atoms with Gasteiger partial charge in [-0.1, -0.05) is 19.1 Å². The highest BCUT2D eigenvalue weighted by Crippen LogP contribution is 2.29. The molecule has 1 saturated heterocycles. The van der Waals surface area contributed by atoms with Gasteiger partial charge in [-0.3, -0.25) is 0 Å². The van der Waals surface area contributed by atoms with E-state index in [9.17, 15) is 0 Å². The molecule has 1 aromatic carbocycles.